The second-order valence-corrected chi connectivity index (χ2v) is 9.49. The van der Waals surface area contributed by atoms with E-state index in [1.165, 1.54) is 16.0 Å². The van der Waals surface area contributed by atoms with Gasteiger partial charge >= 0.3 is 12.1 Å². The minimum Gasteiger partial charge on any atom is -0.477 e. The fourth-order valence-corrected chi connectivity index (χ4v) is 4.69. The van der Waals surface area contributed by atoms with Gasteiger partial charge in [-0.05, 0) is 36.1 Å². The number of hydrogen-bond acceptors (Lipinski definition) is 8. The fraction of sp³-hybridized carbons (Fsp3) is 0.304. The van der Waals surface area contributed by atoms with Crippen LogP contribution in [0.2, 0.25) is 5.02 Å². The number of nitrogens with zero attached hydrogens (tertiary/aromatic N) is 4. The van der Waals surface area contributed by atoms with E-state index in [4.69, 9.17) is 11.6 Å². The van der Waals surface area contributed by atoms with Gasteiger partial charge < -0.3 is 20.6 Å². The lowest BCUT2D eigenvalue weighted by molar-refractivity contribution is -0.139. The number of alkyl halides is 3. The van der Waals surface area contributed by atoms with Gasteiger partial charge in [-0.3, -0.25) is 9.69 Å². The van der Waals surface area contributed by atoms with Crippen LogP contribution in [0.3, 0.4) is 0 Å². The van der Waals surface area contributed by atoms with Crippen LogP contribution in [0.1, 0.15) is 28.6 Å². The molecule has 0 unspecified atom stereocenters. The van der Waals surface area contributed by atoms with Gasteiger partial charge in [0.25, 0.3) is 0 Å². The van der Waals surface area contributed by atoms with Crippen LogP contribution in [0.5, 0.6) is 0 Å². The van der Waals surface area contributed by atoms with E-state index >= 15 is 0 Å². The third kappa shape index (κ3) is 6.48. The summed E-state index contributed by atoms with van der Waals surface area (Å²) >= 11 is 7.26. The van der Waals surface area contributed by atoms with E-state index in [9.17, 15) is 27.9 Å². The van der Waals surface area contributed by atoms with Crippen molar-refractivity contribution in [2.45, 2.75) is 26.1 Å². The van der Waals surface area contributed by atoms with Gasteiger partial charge in [0.05, 0.1) is 30.5 Å². The molecule has 37 heavy (non-hydrogen) atoms. The lowest BCUT2D eigenvalue weighted by Crippen LogP contribution is -2.38. The normalized spacial score (nSPS) is 14.3. The standard InChI is InChI=1S/C23H22ClF3N6O3S/c1-2-33-17-9-14(4-3-13(17)11-32(12-18(33)34)7-6-23(25,26)27)29-22-28-10-15(24)20(31-22)30-16-5-8-37-19(16)21(35)36/h3-5,8-10H,2,6-7,11-12H2,1H3,(H,35,36)(H2,28,29,30,31). The molecule has 0 aliphatic carbocycles. The van der Waals surface area contributed by atoms with Crippen LogP contribution in [0.25, 0.3) is 0 Å². The maximum atomic E-state index is 12.8. The molecule has 0 bridgehead atoms. The number of carboxylic acids is 1. The predicted molar refractivity (Wildman–Crippen MR) is 135 cm³/mol. The van der Waals surface area contributed by atoms with E-state index in [0.717, 1.165) is 16.9 Å². The molecule has 1 aliphatic heterocycles. The van der Waals surface area contributed by atoms with Crippen LogP contribution in [-0.4, -0.2) is 57.7 Å². The highest BCUT2D eigenvalue weighted by Crippen LogP contribution is 2.32. The maximum Gasteiger partial charge on any atom is 0.390 e. The number of carbonyl (C=O) groups excluding carboxylic acids is 1. The molecule has 0 fully saturated rings. The number of thiophene rings is 1. The molecule has 0 saturated heterocycles. The fourth-order valence-electron chi connectivity index (χ4n) is 3.87. The van der Waals surface area contributed by atoms with Crippen molar-refractivity contribution in [2.24, 2.45) is 0 Å². The second-order valence-electron chi connectivity index (χ2n) is 8.17. The number of likely N-dealkylation sites (N-methyl/N-ethyl adjacent to an activating group) is 1. The summed E-state index contributed by atoms with van der Waals surface area (Å²) in [7, 11) is 0. The molecule has 1 aromatic carbocycles. The Morgan fingerprint density at radius 3 is 2.73 bits per heavy atom. The van der Waals surface area contributed by atoms with Gasteiger partial charge in [-0.2, -0.15) is 18.2 Å². The minimum atomic E-state index is -4.30. The highest BCUT2D eigenvalue weighted by Gasteiger charge is 2.31. The molecule has 3 N–H and O–H groups in total. The molecule has 4 rings (SSSR count). The first-order valence-corrected chi connectivity index (χ1v) is 12.4. The number of carboxylic acid groups (broad SMARTS) is 1. The van der Waals surface area contributed by atoms with Crippen LogP contribution >= 0.6 is 22.9 Å². The number of hydrogen-bond donors (Lipinski definition) is 3. The van der Waals surface area contributed by atoms with E-state index in [2.05, 4.69) is 20.6 Å². The van der Waals surface area contributed by atoms with Crippen molar-refractivity contribution in [3.63, 3.8) is 0 Å². The van der Waals surface area contributed by atoms with Gasteiger partial charge in [-0.15, -0.1) is 11.3 Å². The Hall–Kier alpha value is -3.42. The summed E-state index contributed by atoms with van der Waals surface area (Å²) in [6, 6.07) is 6.78. The highest BCUT2D eigenvalue weighted by molar-refractivity contribution is 7.12. The van der Waals surface area contributed by atoms with Gasteiger partial charge in [-0.25, -0.2) is 9.78 Å². The second kappa shape index (κ2) is 10.9. The number of halogens is 4. The molecule has 1 aliphatic rings. The summed E-state index contributed by atoms with van der Waals surface area (Å²) in [5.74, 6) is -1.02. The van der Waals surface area contributed by atoms with E-state index in [1.807, 2.05) is 0 Å². The molecule has 3 aromatic rings. The van der Waals surface area contributed by atoms with Gasteiger partial charge in [0, 0.05) is 25.3 Å². The first-order valence-electron chi connectivity index (χ1n) is 11.1. The summed E-state index contributed by atoms with van der Waals surface area (Å²) in [6.45, 7) is 1.96. The number of benzene rings is 1. The monoisotopic (exact) mass is 554 g/mol. The molecule has 1 amide bonds. The van der Waals surface area contributed by atoms with Crippen molar-refractivity contribution >= 4 is 63.6 Å². The Morgan fingerprint density at radius 2 is 2.03 bits per heavy atom. The summed E-state index contributed by atoms with van der Waals surface area (Å²) in [4.78, 5) is 35.8. The Kier molecular flexibility index (Phi) is 7.85. The molecule has 0 atom stereocenters. The zero-order valence-corrected chi connectivity index (χ0v) is 21.0. The summed E-state index contributed by atoms with van der Waals surface area (Å²) < 4.78 is 38.2. The first kappa shape index (κ1) is 26.6. The zero-order chi connectivity index (χ0) is 26.7. The summed E-state index contributed by atoms with van der Waals surface area (Å²) in [5, 5.41) is 17.1. The van der Waals surface area contributed by atoms with Crippen LogP contribution < -0.4 is 15.5 Å². The van der Waals surface area contributed by atoms with E-state index < -0.39 is 18.6 Å². The highest BCUT2D eigenvalue weighted by atomic mass is 35.5. The van der Waals surface area contributed by atoms with Gasteiger partial charge in [0.1, 0.15) is 9.90 Å². The van der Waals surface area contributed by atoms with Crippen molar-refractivity contribution in [3.05, 3.63) is 51.3 Å². The number of rotatable bonds is 8. The van der Waals surface area contributed by atoms with E-state index in [-0.39, 0.29) is 47.2 Å². The molecular formula is C23H22ClF3N6O3S. The van der Waals surface area contributed by atoms with Crippen molar-refractivity contribution in [1.29, 1.82) is 0 Å². The Bertz CT molecular complexity index is 1320. The maximum absolute atomic E-state index is 12.8. The van der Waals surface area contributed by atoms with E-state index in [0.29, 0.717) is 23.6 Å². The van der Waals surface area contributed by atoms with Gasteiger partial charge in [0.2, 0.25) is 11.9 Å². The molecule has 0 spiro atoms. The molecule has 0 radical (unpaired) electrons. The molecule has 14 heteroatoms. The third-order valence-corrected chi connectivity index (χ3v) is 6.75. The number of carbonyl (C=O) groups is 2. The lowest BCUT2D eigenvalue weighted by atomic mass is 10.1. The Morgan fingerprint density at radius 1 is 1.24 bits per heavy atom. The quantitative estimate of drug-likeness (QED) is 0.335. The first-order chi connectivity index (χ1) is 17.5. The molecule has 9 nitrogen and oxygen atoms in total. The number of amides is 1. The largest absolute Gasteiger partial charge is 0.477 e. The SMILES string of the molecule is CCN1C(=O)CN(CCC(F)(F)F)Cc2ccc(Nc3ncc(Cl)c(Nc4ccsc4C(=O)O)n3)cc21. The van der Waals surface area contributed by atoms with Crippen molar-refractivity contribution < 1.29 is 27.9 Å². The van der Waals surface area contributed by atoms with Gasteiger partial charge in [0.15, 0.2) is 5.82 Å². The van der Waals surface area contributed by atoms with Crippen molar-refractivity contribution in [3.8, 4) is 0 Å². The zero-order valence-electron chi connectivity index (χ0n) is 19.5. The molecule has 2 aromatic heterocycles. The van der Waals surface area contributed by atoms with E-state index in [1.54, 1.807) is 36.6 Å². The number of anilines is 5. The number of fused-ring (bicyclic) bond motifs is 1. The predicted octanol–water partition coefficient (Wildman–Crippen LogP) is 5.50. The molecule has 3 heterocycles. The number of aromatic carboxylic acids is 1. The smallest absolute Gasteiger partial charge is 0.390 e. The number of aromatic nitrogens is 2. The van der Waals surface area contributed by atoms with Crippen molar-refractivity contribution in [1.82, 2.24) is 14.9 Å². The topological polar surface area (TPSA) is 111 Å². The van der Waals surface area contributed by atoms with Crippen LogP contribution in [0.4, 0.5) is 42.0 Å². The van der Waals surface area contributed by atoms with Gasteiger partial charge in [-0.1, -0.05) is 17.7 Å². The lowest BCUT2D eigenvalue weighted by Gasteiger charge is -2.22. The average molecular weight is 555 g/mol. The van der Waals surface area contributed by atoms with Crippen molar-refractivity contribution in [2.75, 3.05) is 35.2 Å². The molecule has 196 valence electrons. The Labute approximate surface area is 218 Å². The third-order valence-electron chi connectivity index (χ3n) is 5.57. The average Bonchev–Trinajstić information content (AvgIpc) is 3.24. The molecule has 0 saturated carbocycles. The summed E-state index contributed by atoms with van der Waals surface area (Å²) in [6.07, 6.45) is -3.94. The van der Waals surface area contributed by atoms with Crippen LogP contribution in [-0.2, 0) is 11.3 Å². The minimum absolute atomic E-state index is 0.101. The Balaban J connectivity index is 1.57. The number of nitrogens with one attached hydrogen (secondary N) is 2. The summed E-state index contributed by atoms with van der Waals surface area (Å²) in [5.41, 5.74) is 2.19. The van der Waals surface area contributed by atoms with Crippen LogP contribution in [0.15, 0.2) is 35.8 Å². The van der Waals surface area contributed by atoms with Crippen LogP contribution in [0, 0.1) is 0 Å². The molecular weight excluding hydrogens is 533 g/mol.